The lowest BCUT2D eigenvalue weighted by Gasteiger charge is -2.30. The van der Waals surface area contributed by atoms with E-state index in [0.717, 1.165) is 37.6 Å². The zero-order valence-corrected chi connectivity index (χ0v) is 12.8. The molecule has 1 atom stereocenters. The van der Waals surface area contributed by atoms with Gasteiger partial charge in [-0.15, -0.1) is 0 Å². The van der Waals surface area contributed by atoms with Gasteiger partial charge in [-0.1, -0.05) is 17.7 Å². The van der Waals surface area contributed by atoms with Gasteiger partial charge in [0, 0.05) is 23.8 Å². The largest absolute Gasteiger partial charge is 0.311 e. The van der Waals surface area contributed by atoms with Crippen molar-refractivity contribution in [3.8, 4) is 0 Å². The molecule has 0 saturated carbocycles. The van der Waals surface area contributed by atoms with Crippen LogP contribution in [0, 0.1) is 0 Å². The number of carbonyl (C=O) groups is 1. The standard InChI is InChI=1S/C15H16ClN5O/c16-11-2-1-3-12(8-11)20-5-4-13(15(20)22)19-6-7-21-14(9-19)17-10-18-21/h1-3,8,10,13H,4-7,9H2. The van der Waals surface area contributed by atoms with Gasteiger partial charge < -0.3 is 4.90 Å². The van der Waals surface area contributed by atoms with E-state index in [2.05, 4.69) is 15.0 Å². The van der Waals surface area contributed by atoms with Gasteiger partial charge in [0.25, 0.3) is 0 Å². The number of anilines is 1. The lowest BCUT2D eigenvalue weighted by molar-refractivity contribution is -0.122. The number of carbonyl (C=O) groups excluding carboxylic acids is 1. The monoisotopic (exact) mass is 317 g/mol. The van der Waals surface area contributed by atoms with Crippen LogP contribution in [0.1, 0.15) is 12.2 Å². The Kier molecular flexibility index (Phi) is 3.35. The van der Waals surface area contributed by atoms with Crippen molar-refractivity contribution in [3.63, 3.8) is 0 Å². The van der Waals surface area contributed by atoms with Crippen molar-refractivity contribution in [3.05, 3.63) is 41.4 Å². The molecule has 1 fully saturated rings. The third-order valence-electron chi connectivity index (χ3n) is 4.38. The number of fused-ring (bicyclic) bond motifs is 1. The maximum atomic E-state index is 12.8. The van der Waals surface area contributed by atoms with Crippen LogP contribution in [-0.2, 0) is 17.9 Å². The summed E-state index contributed by atoms with van der Waals surface area (Å²) in [6.45, 7) is 3.03. The van der Waals surface area contributed by atoms with Gasteiger partial charge in [0.05, 0.1) is 19.1 Å². The first kappa shape index (κ1) is 13.7. The topological polar surface area (TPSA) is 54.3 Å². The van der Waals surface area contributed by atoms with E-state index in [9.17, 15) is 4.79 Å². The Balaban J connectivity index is 1.52. The van der Waals surface area contributed by atoms with Crippen molar-refractivity contribution in [2.45, 2.75) is 25.6 Å². The number of hydrogen-bond donors (Lipinski definition) is 0. The summed E-state index contributed by atoms with van der Waals surface area (Å²) in [6, 6.07) is 7.39. The second-order valence-electron chi connectivity index (χ2n) is 5.64. The summed E-state index contributed by atoms with van der Waals surface area (Å²) in [5.41, 5.74) is 0.875. The summed E-state index contributed by atoms with van der Waals surface area (Å²) in [6.07, 6.45) is 2.41. The van der Waals surface area contributed by atoms with Gasteiger partial charge in [-0.25, -0.2) is 9.67 Å². The van der Waals surface area contributed by atoms with Gasteiger partial charge in [0.15, 0.2) is 0 Å². The molecule has 0 spiro atoms. The first-order chi connectivity index (χ1) is 10.7. The van der Waals surface area contributed by atoms with Crippen LogP contribution >= 0.6 is 11.6 Å². The summed E-state index contributed by atoms with van der Waals surface area (Å²) in [5, 5.41) is 4.83. The molecule has 6 nitrogen and oxygen atoms in total. The lowest BCUT2D eigenvalue weighted by atomic mass is 10.2. The van der Waals surface area contributed by atoms with Crippen molar-refractivity contribution < 1.29 is 4.79 Å². The number of amides is 1. The summed E-state index contributed by atoms with van der Waals surface area (Å²) in [5.74, 6) is 1.08. The second-order valence-corrected chi connectivity index (χ2v) is 6.08. The van der Waals surface area contributed by atoms with E-state index in [1.807, 2.05) is 33.8 Å². The minimum Gasteiger partial charge on any atom is -0.311 e. The minimum atomic E-state index is -0.0792. The smallest absolute Gasteiger partial charge is 0.244 e. The maximum Gasteiger partial charge on any atom is 0.244 e. The SMILES string of the molecule is O=C1C(N2CCn3ncnc3C2)CCN1c1cccc(Cl)c1. The first-order valence-corrected chi connectivity index (χ1v) is 7.78. The van der Waals surface area contributed by atoms with E-state index in [1.54, 1.807) is 6.33 Å². The fraction of sp³-hybridized carbons (Fsp3) is 0.400. The maximum absolute atomic E-state index is 12.8. The third-order valence-corrected chi connectivity index (χ3v) is 4.61. The Labute approximate surface area is 133 Å². The Bertz CT molecular complexity index is 715. The van der Waals surface area contributed by atoms with E-state index in [4.69, 9.17) is 11.6 Å². The van der Waals surface area contributed by atoms with Gasteiger partial charge >= 0.3 is 0 Å². The quantitative estimate of drug-likeness (QED) is 0.843. The van der Waals surface area contributed by atoms with Crippen molar-refractivity contribution in [1.29, 1.82) is 0 Å². The van der Waals surface area contributed by atoms with E-state index in [-0.39, 0.29) is 11.9 Å². The molecule has 22 heavy (non-hydrogen) atoms. The Morgan fingerprint density at radius 3 is 3.00 bits per heavy atom. The average Bonchev–Trinajstić information content (AvgIpc) is 3.12. The van der Waals surface area contributed by atoms with E-state index in [0.29, 0.717) is 11.6 Å². The van der Waals surface area contributed by atoms with Crippen LogP contribution < -0.4 is 4.90 Å². The molecule has 0 radical (unpaired) electrons. The third kappa shape index (κ3) is 2.28. The van der Waals surface area contributed by atoms with Crippen LogP contribution in [0.25, 0.3) is 0 Å². The second kappa shape index (κ2) is 5.37. The molecular weight excluding hydrogens is 302 g/mol. The highest BCUT2D eigenvalue weighted by Crippen LogP contribution is 2.27. The summed E-state index contributed by atoms with van der Waals surface area (Å²) < 4.78 is 1.91. The van der Waals surface area contributed by atoms with E-state index in [1.165, 1.54) is 0 Å². The van der Waals surface area contributed by atoms with Crippen LogP contribution in [0.4, 0.5) is 5.69 Å². The zero-order chi connectivity index (χ0) is 15.1. The molecule has 2 aromatic rings. The number of halogens is 1. The van der Waals surface area contributed by atoms with Crippen LogP contribution in [-0.4, -0.2) is 44.7 Å². The Morgan fingerprint density at radius 2 is 2.14 bits per heavy atom. The fourth-order valence-electron chi connectivity index (χ4n) is 3.25. The average molecular weight is 318 g/mol. The molecule has 1 amide bonds. The molecule has 0 N–H and O–H groups in total. The van der Waals surface area contributed by atoms with Crippen LogP contribution in [0.2, 0.25) is 5.02 Å². The first-order valence-electron chi connectivity index (χ1n) is 7.40. The zero-order valence-electron chi connectivity index (χ0n) is 12.0. The fourth-order valence-corrected chi connectivity index (χ4v) is 3.44. The molecule has 1 aromatic carbocycles. The normalized spacial score (nSPS) is 22.1. The molecule has 3 heterocycles. The molecule has 2 aliphatic heterocycles. The van der Waals surface area contributed by atoms with Gasteiger partial charge in [0.1, 0.15) is 12.2 Å². The van der Waals surface area contributed by atoms with Gasteiger partial charge in [-0.05, 0) is 24.6 Å². The number of nitrogens with zero attached hydrogens (tertiary/aromatic N) is 5. The van der Waals surface area contributed by atoms with Crippen LogP contribution in [0.3, 0.4) is 0 Å². The highest BCUT2D eigenvalue weighted by Gasteiger charge is 2.38. The van der Waals surface area contributed by atoms with Crippen LogP contribution in [0.5, 0.6) is 0 Å². The minimum absolute atomic E-state index is 0.0792. The van der Waals surface area contributed by atoms with Gasteiger partial charge in [-0.3, -0.25) is 9.69 Å². The number of aromatic nitrogens is 3. The van der Waals surface area contributed by atoms with Crippen molar-refractivity contribution >= 4 is 23.2 Å². The Hall–Kier alpha value is -1.92. The number of rotatable bonds is 2. The number of hydrogen-bond acceptors (Lipinski definition) is 4. The van der Waals surface area contributed by atoms with E-state index >= 15 is 0 Å². The molecule has 1 aromatic heterocycles. The summed E-state index contributed by atoms with van der Waals surface area (Å²) in [4.78, 5) is 21.1. The predicted molar refractivity (Wildman–Crippen MR) is 82.6 cm³/mol. The molecule has 1 saturated heterocycles. The lowest BCUT2D eigenvalue weighted by Crippen LogP contribution is -2.45. The molecule has 0 aliphatic carbocycles. The van der Waals surface area contributed by atoms with Crippen molar-refractivity contribution in [2.75, 3.05) is 18.0 Å². The van der Waals surface area contributed by atoms with Crippen molar-refractivity contribution in [2.24, 2.45) is 0 Å². The molecule has 2 aliphatic rings. The van der Waals surface area contributed by atoms with Gasteiger partial charge in [0.2, 0.25) is 5.91 Å². The Morgan fingerprint density at radius 1 is 1.23 bits per heavy atom. The molecule has 1 unspecified atom stereocenters. The van der Waals surface area contributed by atoms with E-state index < -0.39 is 0 Å². The molecular formula is C15H16ClN5O. The van der Waals surface area contributed by atoms with Crippen LogP contribution in [0.15, 0.2) is 30.6 Å². The highest BCUT2D eigenvalue weighted by molar-refractivity contribution is 6.30. The predicted octanol–water partition coefficient (Wildman–Crippen LogP) is 1.55. The molecule has 114 valence electrons. The molecule has 7 heteroatoms. The molecule has 0 bridgehead atoms. The number of benzene rings is 1. The highest BCUT2D eigenvalue weighted by atomic mass is 35.5. The molecule has 4 rings (SSSR count). The van der Waals surface area contributed by atoms with Gasteiger partial charge in [-0.2, -0.15) is 5.10 Å². The summed E-state index contributed by atoms with van der Waals surface area (Å²) in [7, 11) is 0. The summed E-state index contributed by atoms with van der Waals surface area (Å²) >= 11 is 6.03. The van der Waals surface area contributed by atoms with Crippen molar-refractivity contribution in [1.82, 2.24) is 19.7 Å².